The van der Waals surface area contributed by atoms with E-state index in [4.69, 9.17) is 0 Å². The van der Waals surface area contributed by atoms with Crippen LogP contribution in [-0.4, -0.2) is 25.3 Å². The molecule has 0 bridgehead atoms. The van der Waals surface area contributed by atoms with Gasteiger partial charge in [-0.2, -0.15) is 5.10 Å². The molecule has 32 heavy (non-hydrogen) atoms. The molecule has 0 saturated carbocycles. The van der Waals surface area contributed by atoms with Crippen molar-refractivity contribution in [2.75, 3.05) is 5.32 Å². The Hall–Kier alpha value is -4.17. The maximum absolute atomic E-state index is 13.6. The minimum atomic E-state index is -1.87. The van der Waals surface area contributed by atoms with E-state index < -0.39 is 17.2 Å². The summed E-state index contributed by atoms with van der Waals surface area (Å²) >= 11 is 0. The van der Waals surface area contributed by atoms with Gasteiger partial charge in [0, 0.05) is 17.6 Å². The highest BCUT2D eigenvalue weighted by molar-refractivity contribution is 5.90. The number of nitrogens with zero attached hydrogens (tertiary/aromatic N) is 3. The number of aliphatic hydroxyl groups is 1. The van der Waals surface area contributed by atoms with Crippen LogP contribution in [0.25, 0.3) is 10.9 Å². The first kappa shape index (κ1) is 19.8. The lowest BCUT2D eigenvalue weighted by Gasteiger charge is -2.28. The van der Waals surface area contributed by atoms with Gasteiger partial charge in [0.15, 0.2) is 17.2 Å². The fourth-order valence-electron chi connectivity index (χ4n) is 3.59. The fourth-order valence-corrected chi connectivity index (χ4v) is 3.59. The molecule has 0 aliphatic carbocycles. The van der Waals surface area contributed by atoms with E-state index in [1.54, 1.807) is 18.3 Å². The second kappa shape index (κ2) is 7.82. The third kappa shape index (κ3) is 3.46. The first-order chi connectivity index (χ1) is 15.5. The largest absolute Gasteiger partial charge is 0.373 e. The Labute approximate surface area is 181 Å². The van der Waals surface area contributed by atoms with Crippen molar-refractivity contribution in [3.63, 3.8) is 0 Å². The second-order valence-electron chi connectivity index (χ2n) is 7.22. The molecule has 8 heteroatoms. The molecule has 3 aromatic carbocycles. The molecule has 158 valence electrons. The number of hydrogen-bond acceptors (Lipinski definition) is 5. The van der Waals surface area contributed by atoms with E-state index in [0.29, 0.717) is 28.3 Å². The maximum atomic E-state index is 13.6. The summed E-state index contributed by atoms with van der Waals surface area (Å²) in [6, 6.07) is 19.9. The molecule has 0 radical (unpaired) electrons. The lowest BCUT2D eigenvalue weighted by molar-refractivity contribution is 0.116. The summed E-state index contributed by atoms with van der Waals surface area (Å²) in [5.41, 5.74) is -0.607. The van der Waals surface area contributed by atoms with Crippen LogP contribution in [0.3, 0.4) is 0 Å². The number of fused-ring (bicyclic) bond motifs is 1. The van der Waals surface area contributed by atoms with Crippen molar-refractivity contribution in [1.29, 1.82) is 0 Å². The Morgan fingerprint density at radius 1 is 0.781 bits per heavy atom. The normalized spacial score (nSPS) is 11.6. The highest BCUT2D eigenvalue weighted by atomic mass is 19.1. The van der Waals surface area contributed by atoms with Crippen LogP contribution in [0.15, 0.2) is 85.1 Å². The van der Waals surface area contributed by atoms with Crippen molar-refractivity contribution < 1.29 is 13.9 Å². The molecule has 5 rings (SSSR count). The lowest BCUT2D eigenvalue weighted by Crippen LogP contribution is -2.31. The van der Waals surface area contributed by atoms with Crippen LogP contribution in [0, 0.1) is 11.6 Å². The summed E-state index contributed by atoms with van der Waals surface area (Å²) in [7, 11) is 0. The Balaban J connectivity index is 1.76. The number of rotatable bonds is 5. The van der Waals surface area contributed by atoms with Crippen molar-refractivity contribution in [3.05, 3.63) is 114 Å². The lowest BCUT2D eigenvalue weighted by atomic mass is 9.85. The molecule has 0 aliphatic heterocycles. The van der Waals surface area contributed by atoms with E-state index in [9.17, 15) is 13.9 Å². The van der Waals surface area contributed by atoms with Crippen LogP contribution >= 0.6 is 0 Å². The molecule has 0 atom stereocenters. The number of aromatic nitrogens is 4. The van der Waals surface area contributed by atoms with Crippen molar-refractivity contribution in [1.82, 2.24) is 20.2 Å². The molecule has 0 spiro atoms. The summed E-state index contributed by atoms with van der Waals surface area (Å²) in [6.07, 6.45) is 1.67. The molecule has 3 N–H and O–H groups in total. The molecule has 2 heterocycles. The second-order valence-corrected chi connectivity index (χ2v) is 7.22. The number of aromatic amines is 1. The van der Waals surface area contributed by atoms with E-state index in [-0.39, 0.29) is 5.82 Å². The summed E-state index contributed by atoms with van der Waals surface area (Å²) in [6.45, 7) is 0. The van der Waals surface area contributed by atoms with Gasteiger partial charge in [0.25, 0.3) is 0 Å². The Kier molecular flexibility index (Phi) is 4.84. The third-order valence-electron chi connectivity index (χ3n) is 5.20. The van der Waals surface area contributed by atoms with E-state index in [0.717, 1.165) is 5.39 Å². The summed E-state index contributed by atoms with van der Waals surface area (Å²) in [5.74, 6) is 0.116. The van der Waals surface area contributed by atoms with Gasteiger partial charge in [-0.3, -0.25) is 5.10 Å². The molecule has 6 nitrogen and oxygen atoms in total. The van der Waals surface area contributed by atoms with Crippen LogP contribution in [-0.2, 0) is 5.60 Å². The van der Waals surface area contributed by atoms with E-state index in [1.807, 2.05) is 18.2 Å². The van der Waals surface area contributed by atoms with Crippen molar-refractivity contribution >= 4 is 22.5 Å². The SMILES string of the molecule is OC(c1ccc(F)cc1)(c1ccc(F)cc1)c1nc(Nc2cc[nH]n2)c2ccccc2n1. The summed E-state index contributed by atoms with van der Waals surface area (Å²) in [5, 5.41) is 22.7. The molecule has 0 unspecified atom stereocenters. The zero-order chi connectivity index (χ0) is 22.1. The maximum Gasteiger partial charge on any atom is 0.175 e. The molecular weight excluding hydrogens is 412 g/mol. The van der Waals surface area contributed by atoms with E-state index in [1.165, 1.54) is 48.5 Å². The summed E-state index contributed by atoms with van der Waals surface area (Å²) in [4.78, 5) is 9.25. The average Bonchev–Trinajstić information content (AvgIpc) is 3.32. The van der Waals surface area contributed by atoms with Crippen LogP contribution in [0.2, 0.25) is 0 Å². The first-order valence-corrected chi connectivity index (χ1v) is 9.82. The van der Waals surface area contributed by atoms with E-state index in [2.05, 4.69) is 25.5 Å². The molecular formula is C24H17F2N5O. The zero-order valence-electron chi connectivity index (χ0n) is 16.6. The number of hydrogen-bond donors (Lipinski definition) is 3. The minimum Gasteiger partial charge on any atom is -0.373 e. The third-order valence-corrected chi connectivity index (χ3v) is 5.20. The van der Waals surface area contributed by atoms with Gasteiger partial charge in [0.05, 0.1) is 5.52 Å². The highest BCUT2D eigenvalue weighted by Crippen LogP contribution is 2.37. The zero-order valence-corrected chi connectivity index (χ0v) is 16.6. The number of halogens is 2. The Morgan fingerprint density at radius 2 is 1.41 bits per heavy atom. The smallest absolute Gasteiger partial charge is 0.175 e. The van der Waals surface area contributed by atoms with Gasteiger partial charge >= 0.3 is 0 Å². The van der Waals surface area contributed by atoms with Gasteiger partial charge in [-0.1, -0.05) is 36.4 Å². The Morgan fingerprint density at radius 3 is 2.00 bits per heavy atom. The van der Waals surface area contributed by atoms with Crippen LogP contribution in [0.4, 0.5) is 20.4 Å². The van der Waals surface area contributed by atoms with Gasteiger partial charge < -0.3 is 10.4 Å². The topological polar surface area (TPSA) is 86.7 Å². The van der Waals surface area contributed by atoms with E-state index >= 15 is 0 Å². The molecule has 0 fully saturated rings. The van der Waals surface area contributed by atoms with Crippen molar-refractivity contribution in [2.24, 2.45) is 0 Å². The molecule has 2 aromatic heterocycles. The predicted octanol–water partition coefficient (Wildman–Crippen LogP) is 4.66. The highest BCUT2D eigenvalue weighted by Gasteiger charge is 2.38. The number of nitrogens with one attached hydrogen (secondary N) is 2. The molecule has 0 saturated heterocycles. The van der Waals surface area contributed by atoms with Gasteiger partial charge in [0.2, 0.25) is 0 Å². The van der Waals surface area contributed by atoms with Gasteiger partial charge in [0.1, 0.15) is 17.5 Å². The number of anilines is 2. The summed E-state index contributed by atoms with van der Waals surface area (Å²) < 4.78 is 27.3. The quantitative estimate of drug-likeness (QED) is 0.378. The van der Waals surface area contributed by atoms with Crippen molar-refractivity contribution in [2.45, 2.75) is 5.60 Å². The number of benzene rings is 3. The number of H-pyrrole nitrogens is 1. The average molecular weight is 429 g/mol. The van der Waals surface area contributed by atoms with Gasteiger partial charge in [-0.15, -0.1) is 0 Å². The van der Waals surface area contributed by atoms with Gasteiger partial charge in [-0.25, -0.2) is 18.7 Å². The first-order valence-electron chi connectivity index (χ1n) is 9.82. The molecule has 0 amide bonds. The van der Waals surface area contributed by atoms with Crippen molar-refractivity contribution in [3.8, 4) is 0 Å². The van der Waals surface area contributed by atoms with Crippen LogP contribution in [0.1, 0.15) is 17.0 Å². The molecule has 5 aromatic rings. The van der Waals surface area contributed by atoms with Crippen LogP contribution in [0.5, 0.6) is 0 Å². The number of para-hydroxylation sites is 1. The monoisotopic (exact) mass is 429 g/mol. The van der Waals surface area contributed by atoms with Crippen LogP contribution < -0.4 is 5.32 Å². The Bertz CT molecular complexity index is 1320. The minimum absolute atomic E-state index is 0.0486. The van der Waals surface area contributed by atoms with Gasteiger partial charge in [-0.05, 0) is 47.5 Å². The molecule has 0 aliphatic rings. The standard InChI is InChI=1S/C24H17F2N5O/c25-17-9-5-15(6-10-17)24(32,16-7-11-18(26)12-8-16)23-28-20-4-2-1-3-19(20)22(30-23)29-21-13-14-27-31-21/h1-14,32H,(H2,27,28,29,30,31). The predicted molar refractivity (Wildman–Crippen MR) is 116 cm³/mol. The fraction of sp³-hybridized carbons (Fsp3) is 0.0417.